The molecule has 1 N–H and O–H groups in total. The van der Waals surface area contributed by atoms with E-state index in [1.807, 2.05) is 11.1 Å². The quantitative estimate of drug-likeness (QED) is 0.436. The fraction of sp³-hybridized carbons (Fsp3) is 0.931. The van der Waals surface area contributed by atoms with E-state index >= 15 is 0 Å². The highest BCUT2D eigenvalue weighted by Gasteiger charge is 2.56. The minimum atomic E-state index is 0.341. The van der Waals surface area contributed by atoms with Gasteiger partial charge in [-0.15, -0.1) is 0 Å². The number of rotatable bonds is 6. The molecule has 1 heteroatoms. The van der Waals surface area contributed by atoms with Crippen molar-refractivity contribution in [3.05, 3.63) is 11.1 Å². The molecule has 0 spiro atoms. The molecule has 1 nitrogen and oxygen atoms in total. The Labute approximate surface area is 187 Å². The van der Waals surface area contributed by atoms with Crippen LogP contribution in [0.1, 0.15) is 112 Å². The van der Waals surface area contributed by atoms with Crippen LogP contribution in [-0.4, -0.2) is 11.7 Å². The van der Waals surface area contributed by atoms with Crippen molar-refractivity contribution in [2.45, 2.75) is 112 Å². The van der Waals surface area contributed by atoms with Crippen LogP contribution in [0.5, 0.6) is 0 Å². The Kier molecular flexibility index (Phi) is 6.53. The smallest absolute Gasteiger partial charge is 0.0459 e. The minimum Gasteiger partial charge on any atom is -0.396 e. The van der Waals surface area contributed by atoms with Gasteiger partial charge in [0.2, 0.25) is 0 Å². The molecule has 0 heterocycles. The summed E-state index contributed by atoms with van der Waals surface area (Å²) in [5.74, 6) is 5.61. The van der Waals surface area contributed by atoms with Gasteiger partial charge in [-0.25, -0.2) is 0 Å². The highest BCUT2D eigenvalue weighted by molar-refractivity contribution is 5.34. The maximum atomic E-state index is 9.50. The first kappa shape index (κ1) is 22.9. The van der Waals surface area contributed by atoms with Gasteiger partial charge in [0.25, 0.3) is 0 Å². The molecule has 0 amide bonds. The summed E-state index contributed by atoms with van der Waals surface area (Å²) in [5, 5.41) is 9.50. The Balaban J connectivity index is 1.50. The van der Waals surface area contributed by atoms with Gasteiger partial charge >= 0.3 is 0 Å². The molecular weight excluding hydrogens is 364 g/mol. The zero-order chi connectivity index (χ0) is 21.7. The molecule has 0 aromatic rings. The summed E-state index contributed by atoms with van der Waals surface area (Å²) >= 11 is 0. The number of aliphatic hydroxyl groups is 1. The highest BCUT2D eigenvalue weighted by atomic mass is 16.3. The lowest BCUT2D eigenvalue weighted by Gasteiger charge is -2.56. The molecule has 0 bridgehead atoms. The Bertz CT molecular complexity index is 649. The maximum Gasteiger partial charge on any atom is 0.0459 e. The van der Waals surface area contributed by atoms with Crippen LogP contribution < -0.4 is 0 Å². The first-order valence-corrected chi connectivity index (χ1v) is 13.6. The number of hydrogen-bond donors (Lipinski definition) is 1. The van der Waals surface area contributed by atoms with Gasteiger partial charge < -0.3 is 5.11 Å². The lowest BCUT2D eigenvalue weighted by molar-refractivity contribution is 0.0430. The van der Waals surface area contributed by atoms with Crippen molar-refractivity contribution in [3.63, 3.8) is 0 Å². The second-order valence-electron chi connectivity index (χ2n) is 12.9. The molecule has 4 rings (SSSR count). The van der Waals surface area contributed by atoms with Crippen molar-refractivity contribution in [1.82, 2.24) is 0 Å². The van der Waals surface area contributed by atoms with Crippen LogP contribution in [0.25, 0.3) is 0 Å². The maximum absolute atomic E-state index is 9.50. The fourth-order valence-electron chi connectivity index (χ4n) is 9.16. The number of hydrogen-bond acceptors (Lipinski definition) is 1. The molecule has 0 aromatic carbocycles. The third kappa shape index (κ3) is 3.64. The van der Waals surface area contributed by atoms with E-state index < -0.39 is 0 Å². The number of allylic oxidation sites excluding steroid dienone is 2. The molecule has 2 unspecified atom stereocenters. The van der Waals surface area contributed by atoms with E-state index in [-0.39, 0.29) is 0 Å². The van der Waals surface area contributed by atoms with Crippen molar-refractivity contribution in [3.8, 4) is 0 Å². The molecule has 9 atom stereocenters. The summed E-state index contributed by atoms with van der Waals surface area (Å²) in [7, 11) is 0. The van der Waals surface area contributed by atoms with Gasteiger partial charge in [-0.2, -0.15) is 0 Å². The summed E-state index contributed by atoms with van der Waals surface area (Å²) < 4.78 is 0. The van der Waals surface area contributed by atoms with E-state index in [4.69, 9.17) is 0 Å². The van der Waals surface area contributed by atoms with Crippen LogP contribution in [0, 0.1) is 52.3 Å². The molecule has 0 aliphatic heterocycles. The normalized spacial score (nSPS) is 44.1. The summed E-state index contributed by atoms with van der Waals surface area (Å²) in [5.41, 5.74) is 5.01. The lowest BCUT2D eigenvalue weighted by atomic mass is 9.49. The molecule has 0 aromatic heterocycles. The SMILES string of the molecule is CC(CO)[C@@H](C)CC[C@@H](C)[C@H]1CC[C@H]2C3=C(CC[C@]12C)[C@@]1(C)CCC[C@@H](C)C1CC3. The molecule has 2 fully saturated rings. The Morgan fingerprint density at radius 1 is 0.933 bits per heavy atom. The average Bonchev–Trinajstić information content (AvgIpc) is 3.08. The first-order valence-electron chi connectivity index (χ1n) is 13.6. The van der Waals surface area contributed by atoms with Gasteiger partial charge in [0.05, 0.1) is 0 Å². The van der Waals surface area contributed by atoms with Gasteiger partial charge in [-0.1, -0.05) is 78.4 Å². The molecular formula is C29H50O. The first-order chi connectivity index (χ1) is 14.2. The monoisotopic (exact) mass is 414 g/mol. The summed E-state index contributed by atoms with van der Waals surface area (Å²) in [6, 6.07) is 0. The highest BCUT2D eigenvalue weighted by Crippen LogP contribution is 2.66. The zero-order valence-electron chi connectivity index (χ0n) is 21.0. The molecule has 0 saturated heterocycles. The predicted molar refractivity (Wildman–Crippen MR) is 128 cm³/mol. The van der Waals surface area contributed by atoms with Crippen LogP contribution in [0.2, 0.25) is 0 Å². The van der Waals surface area contributed by atoms with Gasteiger partial charge in [-0.3, -0.25) is 0 Å². The average molecular weight is 415 g/mol. The van der Waals surface area contributed by atoms with E-state index in [9.17, 15) is 5.11 Å². The van der Waals surface area contributed by atoms with E-state index in [0.29, 0.717) is 29.3 Å². The Morgan fingerprint density at radius 2 is 1.70 bits per heavy atom. The number of aliphatic hydroxyl groups excluding tert-OH is 1. The summed E-state index contributed by atoms with van der Waals surface area (Å²) in [6.45, 7) is 15.4. The van der Waals surface area contributed by atoms with E-state index in [0.717, 1.165) is 29.6 Å². The second-order valence-corrected chi connectivity index (χ2v) is 12.9. The lowest BCUT2D eigenvalue weighted by Crippen LogP contribution is -2.45. The second kappa shape index (κ2) is 8.57. The van der Waals surface area contributed by atoms with Crippen molar-refractivity contribution < 1.29 is 5.11 Å². The van der Waals surface area contributed by atoms with Crippen LogP contribution in [0.15, 0.2) is 11.1 Å². The summed E-state index contributed by atoms with van der Waals surface area (Å²) in [6.07, 6.45) is 15.7. The molecule has 0 radical (unpaired) electrons. The van der Waals surface area contributed by atoms with Gasteiger partial charge in [0.15, 0.2) is 0 Å². The molecule has 4 aliphatic carbocycles. The Morgan fingerprint density at radius 3 is 2.43 bits per heavy atom. The van der Waals surface area contributed by atoms with E-state index in [1.54, 1.807) is 0 Å². The molecule has 4 aliphatic rings. The van der Waals surface area contributed by atoms with Crippen molar-refractivity contribution >= 4 is 0 Å². The topological polar surface area (TPSA) is 20.2 Å². The molecule has 172 valence electrons. The van der Waals surface area contributed by atoms with Crippen molar-refractivity contribution in [2.24, 2.45) is 52.3 Å². The van der Waals surface area contributed by atoms with Gasteiger partial charge in [0, 0.05) is 6.61 Å². The Hall–Kier alpha value is -0.300. The fourth-order valence-corrected chi connectivity index (χ4v) is 9.16. The van der Waals surface area contributed by atoms with Crippen molar-refractivity contribution in [1.29, 1.82) is 0 Å². The molecule has 2 saturated carbocycles. The summed E-state index contributed by atoms with van der Waals surface area (Å²) in [4.78, 5) is 0. The number of fused-ring (bicyclic) bond motifs is 4. The van der Waals surface area contributed by atoms with Crippen LogP contribution in [0.3, 0.4) is 0 Å². The van der Waals surface area contributed by atoms with E-state index in [1.165, 1.54) is 70.6 Å². The van der Waals surface area contributed by atoms with Crippen LogP contribution >= 0.6 is 0 Å². The standard InChI is InChI=1S/C29H50O/c1-19(22(4)18-30)9-10-21(3)25-13-14-26-23-11-12-24-20(2)8-7-16-28(24,5)27(23)15-17-29(25,26)6/h19-22,24-26,30H,7-18H2,1-6H3/t19-,20+,21+,22?,24?,25+,26-,28-,29+/m0/s1. The molecule has 30 heavy (non-hydrogen) atoms. The minimum absolute atomic E-state index is 0.341. The largest absolute Gasteiger partial charge is 0.396 e. The van der Waals surface area contributed by atoms with Crippen LogP contribution in [0.4, 0.5) is 0 Å². The van der Waals surface area contributed by atoms with Crippen molar-refractivity contribution in [2.75, 3.05) is 6.61 Å². The predicted octanol–water partition coefficient (Wildman–Crippen LogP) is 8.03. The third-order valence-corrected chi connectivity index (χ3v) is 11.4. The van der Waals surface area contributed by atoms with Crippen LogP contribution in [-0.2, 0) is 0 Å². The van der Waals surface area contributed by atoms with Gasteiger partial charge in [0.1, 0.15) is 0 Å². The van der Waals surface area contributed by atoms with E-state index in [2.05, 4.69) is 41.5 Å². The third-order valence-electron chi connectivity index (χ3n) is 11.4. The van der Waals surface area contributed by atoms with Gasteiger partial charge in [-0.05, 0) is 97.2 Å². The zero-order valence-corrected chi connectivity index (χ0v) is 21.0.